The second-order valence-corrected chi connectivity index (χ2v) is 5.69. The molecule has 1 amide bonds. The van der Waals surface area contributed by atoms with E-state index in [1.54, 1.807) is 0 Å². The van der Waals surface area contributed by atoms with E-state index in [4.69, 9.17) is 0 Å². The number of hydrogen-bond acceptors (Lipinski definition) is 2. The van der Waals surface area contributed by atoms with Crippen LogP contribution in [0.5, 0.6) is 0 Å². The molecule has 108 valence electrons. The summed E-state index contributed by atoms with van der Waals surface area (Å²) in [4.78, 5) is 12.4. The van der Waals surface area contributed by atoms with Gasteiger partial charge in [-0.05, 0) is 42.7 Å². The van der Waals surface area contributed by atoms with E-state index in [-0.39, 0.29) is 11.9 Å². The quantitative estimate of drug-likeness (QED) is 0.907. The molecule has 1 aliphatic heterocycles. The maximum Gasteiger partial charge on any atom is 0.251 e. The molecular weight excluding hydrogens is 260 g/mol. The fourth-order valence-electron chi connectivity index (χ4n) is 2.65. The van der Waals surface area contributed by atoms with Crippen LogP contribution in [-0.4, -0.2) is 5.91 Å². The number of aryl methyl sites for hydroxylation is 1. The van der Waals surface area contributed by atoms with Crippen molar-refractivity contribution >= 4 is 5.91 Å². The molecule has 1 aliphatic rings. The molecule has 0 unspecified atom stereocenters. The third-order valence-corrected chi connectivity index (χ3v) is 4.02. The number of benzene rings is 2. The van der Waals surface area contributed by atoms with Crippen LogP contribution in [0.15, 0.2) is 42.5 Å². The van der Waals surface area contributed by atoms with Crippen molar-refractivity contribution in [1.29, 1.82) is 0 Å². The average Bonchev–Trinajstić information content (AvgIpc) is 2.95. The molecule has 0 fully saturated rings. The van der Waals surface area contributed by atoms with Crippen LogP contribution in [0.3, 0.4) is 0 Å². The molecule has 0 spiro atoms. The molecule has 0 saturated heterocycles. The Labute approximate surface area is 125 Å². The number of rotatable bonds is 3. The molecule has 0 aliphatic carbocycles. The van der Waals surface area contributed by atoms with Crippen molar-refractivity contribution in [3.05, 3.63) is 70.3 Å². The summed E-state index contributed by atoms with van der Waals surface area (Å²) in [7, 11) is 0. The standard InChI is InChI=1S/C18H20N2O/c1-12-3-5-14(6-4-12)13(2)20-18(21)15-7-8-16-10-19-11-17(16)9-15/h3-9,13,19H,10-11H2,1-2H3,(H,20,21)/t13-/m1/s1. The minimum Gasteiger partial charge on any atom is -0.346 e. The predicted octanol–water partition coefficient (Wildman–Crippen LogP) is 3.09. The lowest BCUT2D eigenvalue weighted by atomic mass is 10.0. The van der Waals surface area contributed by atoms with Crippen molar-refractivity contribution in [3.8, 4) is 0 Å². The molecule has 1 heterocycles. The van der Waals surface area contributed by atoms with Crippen molar-refractivity contribution in [3.63, 3.8) is 0 Å². The first kappa shape index (κ1) is 13.8. The molecule has 3 rings (SSSR count). The number of carbonyl (C=O) groups excluding carboxylic acids is 1. The summed E-state index contributed by atoms with van der Waals surface area (Å²) in [6, 6.07) is 14.2. The highest BCUT2D eigenvalue weighted by molar-refractivity contribution is 5.94. The van der Waals surface area contributed by atoms with Gasteiger partial charge in [-0.25, -0.2) is 0 Å². The number of carbonyl (C=O) groups is 1. The van der Waals surface area contributed by atoms with E-state index in [1.807, 2.05) is 25.1 Å². The first-order valence-electron chi connectivity index (χ1n) is 7.33. The van der Waals surface area contributed by atoms with Crippen LogP contribution in [-0.2, 0) is 13.1 Å². The topological polar surface area (TPSA) is 41.1 Å². The molecule has 0 bridgehead atoms. The van der Waals surface area contributed by atoms with Crippen molar-refractivity contribution in [1.82, 2.24) is 10.6 Å². The van der Waals surface area contributed by atoms with E-state index in [1.165, 1.54) is 16.7 Å². The molecule has 2 aromatic rings. The molecule has 1 atom stereocenters. The molecule has 3 nitrogen and oxygen atoms in total. The summed E-state index contributed by atoms with van der Waals surface area (Å²) >= 11 is 0. The maximum atomic E-state index is 12.4. The summed E-state index contributed by atoms with van der Waals surface area (Å²) in [6.45, 7) is 5.82. The van der Waals surface area contributed by atoms with Crippen LogP contribution in [0.25, 0.3) is 0 Å². The summed E-state index contributed by atoms with van der Waals surface area (Å²) in [6.07, 6.45) is 0. The zero-order valence-corrected chi connectivity index (χ0v) is 12.4. The summed E-state index contributed by atoms with van der Waals surface area (Å²) < 4.78 is 0. The zero-order chi connectivity index (χ0) is 14.8. The van der Waals surface area contributed by atoms with Crippen LogP contribution in [0.2, 0.25) is 0 Å². The highest BCUT2D eigenvalue weighted by Crippen LogP contribution is 2.18. The Morgan fingerprint density at radius 3 is 2.57 bits per heavy atom. The molecular formula is C18H20N2O. The smallest absolute Gasteiger partial charge is 0.251 e. The van der Waals surface area contributed by atoms with Crippen LogP contribution < -0.4 is 10.6 Å². The van der Waals surface area contributed by atoms with Crippen molar-refractivity contribution < 1.29 is 4.79 Å². The van der Waals surface area contributed by atoms with Gasteiger partial charge in [-0.3, -0.25) is 4.79 Å². The number of nitrogens with one attached hydrogen (secondary N) is 2. The molecule has 2 aromatic carbocycles. The largest absolute Gasteiger partial charge is 0.346 e. The third kappa shape index (κ3) is 2.98. The normalized spacial score (nSPS) is 14.6. The first-order valence-corrected chi connectivity index (χ1v) is 7.33. The SMILES string of the molecule is Cc1ccc([C@@H](C)NC(=O)c2ccc3c(c2)CNC3)cc1. The molecule has 2 N–H and O–H groups in total. The fraction of sp³-hybridized carbons (Fsp3) is 0.278. The first-order chi connectivity index (χ1) is 10.1. The van der Waals surface area contributed by atoms with Gasteiger partial charge in [0.25, 0.3) is 5.91 Å². The second kappa shape index (κ2) is 5.70. The van der Waals surface area contributed by atoms with Gasteiger partial charge < -0.3 is 10.6 Å². The van der Waals surface area contributed by atoms with Crippen molar-refractivity contribution in [2.75, 3.05) is 0 Å². The van der Waals surface area contributed by atoms with E-state index < -0.39 is 0 Å². The van der Waals surface area contributed by atoms with Gasteiger partial charge in [0.1, 0.15) is 0 Å². The van der Waals surface area contributed by atoms with Gasteiger partial charge in [0.15, 0.2) is 0 Å². The Morgan fingerprint density at radius 2 is 1.81 bits per heavy atom. The highest BCUT2D eigenvalue weighted by atomic mass is 16.1. The molecule has 3 heteroatoms. The molecule has 21 heavy (non-hydrogen) atoms. The third-order valence-electron chi connectivity index (χ3n) is 4.02. The van der Waals surface area contributed by atoms with Gasteiger partial charge in [0.2, 0.25) is 0 Å². The Kier molecular flexibility index (Phi) is 3.76. The van der Waals surface area contributed by atoms with E-state index in [0.29, 0.717) is 0 Å². The molecule has 0 aromatic heterocycles. The Hall–Kier alpha value is -2.13. The van der Waals surface area contributed by atoms with Crippen LogP contribution in [0.1, 0.15) is 45.6 Å². The number of hydrogen-bond donors (Lipinski definition) is 2. The lowest BCUT2D eigenvalue weighted by molar-refractivity contribution is 0.0940. The van der Waals surface area contributed by atoms with Crippen molar-refractivity contribution in [2.24, 2.45) is 0 Å². The number of amides is 1. The fourth-order valence-corrected chi connectivity index (χ4v) is 2.65. The summed E-state index contributed by atoms with van der Waals surface area (Å²) in [5, 5.41) is 6.36. The lowest BCUT2D eigenvalue weighted by Crippen LogP contribution is -2.26. The van der Waals surface area contributed by atoms with Crippen LogP contribution in [0, 0.1) is 6.92 Å². The lowest BCUT2D eigenvalue weighted by Gasteiger charge is -2.15. The van der Waals surface area contributed by atoms with Crippen molar-refractivity contribution in [2.45, 2.75) is 33.0 Å². The van der Waals surface area contributed by atoms with Crippen LogP contribution in [0.4, 0.5) is 0 Å². The van der Waals surface area contributed by atoms with Gasteiger partial charge in [-0.15, -0.1) is 0 Å². The minimum atomic E-state index is -0.0159. The monoisotopic (exact) mass is 280 g/mol. The van der Waals surface area contributed by atoms with E-state index in [2.05, 4.69) is 41.8 Å². The maximum absolute atomic E-state index is 12.4. The Balaban J connectivity index is 1.72. The van der Waals surface area contributed by atoms with E-state index in [9.17, 15) is 4.79 Å². The van der Waals surface area contributed by atoms with E-state index >= 15 is 0 Å². The highest BCUT2D eigenvalue weighted by Gasteiger charge is 2.15. The van der Waals surface area contributed by atoms with Gasteiger partial charge in [0.05, 0.1) is 6.04 Å². The van der Waals surface area contributed by atoms with Gasteiger partial charge in [0, 0.05) is 18.7 Å². The zero-order valence-electron chi connectivity index (χ0n) is 12.4. The minimum absolute atomic E-state index is 0.00415. The van der Waals surface area contributed by atoms with Gasteiger partial charge >= 0.3 is 0 Å². The average molecular weight is 280 g/mol. The Bertz CT molecular complexity index is 661. The second-order valence-electron chi connectivity index (χ2n) is 5.69. The van der Waals surface area contributed by atoms with E-state index in [0.717, 1.165) is 24.2 Å². The predicted molar refractivity (Wildman–Crippen MR) is 84.0 cm³/mol. The Morgan fingerprint density at radius 1 is 1.10 bits per heavy atom. The van der Waals surface area contributed by atoms with Gasteiger partial charge in [-0.1, -0.05) is 35.9 Å². The van der Waals surface area contributed by atoms with Crippen LogP contribution >= 0.6 is 0 Å². The summed E-state index contributed by atoms with van der Waals surface area (Å²) in [5.41, 5.74) is 5.60. The number of fused-ring (bicyclic) bond motifs is 1. The molecule has 0 saturated carbocycles. The summed E-state index contributed by atoms with van der Waals surface area (Å²) in [5.74, 6) is -0.0159. The van der Waals surface area contributed by atoms with Gasteiger partial charge in [-0.2, -0.15) is 0 Å². The molecule has 0 radical (unpaired) electrons.